The summed E-state index contributed by atoms with van der Waals surface area (Å²) < 4.78 is 39.1. The highest BCUT2D eigenvalue weighted by Gasteiger charge is 2.61. The van der Waals surface area contributed by atoms with Gasteiger partial charge in [0, 0.05) is 35.9 Å². The highest BCUT2D eigenvalue weighted by molar-refractivity contribution is 7.94. The summed E-state index contributed by atoms with van der Waals surface area (Å²) >= 11 is 5.84. The SMILES string of the molecule is O=C(NCc1c(F)cccc1N1CCCC1)C1(S(=O)(=O)c2ccc(Cl)cc2)CC1. The van der Waals surface area contributed by atoms with E-state index in [1.54, 1.807) is 6.07 Å². The van der Waals surface area contributed by atoms with Crippen LogP contribution in [0.4, 0.5) is 10.1 Å². The molecule has 5 nitrogen and oxygen atoms in total. The molecule has 1 saturated carbocycles. The summed E-state index contributed by atoms with van der Waals surface area (Å²) in [5, 5.41) is 3.11. The van der Waals surface area contributed by atoms with Crippen molar-refractivity contribution in [2.24, 2.45) is 0 Å². The van der Waals surface area contributed by atoms with E-state index in [9.17, 15) is 17.6 Å². The van der Waals surface area contributed by atoms with E-state index in [1.165, 1.54) is 30.3 Å². The molecule has 0 bridgehead atoms. The van der Waals surface area contributed by atoms with Crippen LogP contribution in [0.15, 0.2) is 47.4 Å². The average Bonchev–Trinajstić information content (AvgIpc) is 3.36. The first-order valence-electron chi connectivity index (χ1n) is 9.66. The van der Waals surface area contributed by atoms with Crippen LogP contribution in [0, 0.1) is 5.82 Å². The van der Waals surface area contributed by atoms with Crippen LogP contribution in [0.2, 0.25) is 5.02 Å². The Kier molecular flexibility index (Phi) is 5.29. The van der Waals surface area contributed by atoms with Crippen molar-refractivity contribution >= 4 is 33.0 Å². The second-order valence-corrected chi connectivity index (χ2v) is 10.3. The first-order chi connectivity index (χ1) is 13.8. The van der Waals surface area contributed by atoms with Crippen molar-refractivity contribution in [2.75, 3.05) is 18.0 Å². The van der Waals surface area contributed by atoms with E-state index in [0.717, 1.165) is 31.6 Å². The second-order valence-electron chi connectivity index (χ2n) is 7.57. The van der Waals surface area contributed by atoms with E-state index >= 15 is 0 Å². The molecular formula is C21H22ClFN2O3S. The molecular weight excluding hydrogens is 415 g/mol. The second kappa shape index (κ2) is 7.61. The maximum Gasteiger partial charge on any atom is 0.242 e. The van der Waals surface area contributed by atoms with Crippen molar-refractivity contribution in [1.82, 2.24) is 5.32 Å². The van der Waals surface area contributed by atoms with Gasteiger partial charge in [0.25, 0.3) is 0 Å². The Morgan fingerprint density at radius 2 is 1.76 bits per heavy atom. The van der Waals surface area contributed by atoms with Crippen LogP contribution < -0.4 is 10.2 Å². The van der Waals surface area contributed by atoms with Gasteiger partial charge in [0.2, 0.25) is 5.91 Å². The molecule has 8 heteroatoms. The molecule has 0 unspecified atom stereocenters. The zero-order valence-electron chi connectivity index (χ0n) is 15.8. The number of hydrogen-bond donors (Lipinski definition) is 1. The Labute approximate surface area is 174 Å². The lowest BCUT2D eigenvalue weighted by Gasteiger charge is -2.23. The molecule has 154 valence electrons. The molecule has 2 fully saturated rings. The minimum absolute atomic E-state index is 0.0464. The smallest absolute Gasteiger partial charge is 0.242 e. The Morgan fingerprint density at radius 1 is 1.10 bits per heavy atom. The molecule has 1 N–H and O–H groups in total. The zero-order chi connectivity index (χ0) is 20.6. The van der Waals surface area contributed by atoms with Crippen molar-refractivity contribution in [1.29, 1.82) is 0 Å². The predicted molar refractivity (Wildman–Crippen MR) is 110 cm³/mol. The van der Waals surface area contributed by atoms with Crippen LogP contribution in [0.5, 0.6) is 0 Å². The van der Waals surface area contributed by atoms with E-state index in [0.29, 0.717) is 10.6 Å². The molecule has 1 aliphatic carbocycles. The fourth-order valence-corrected chi connectivity index (χ4v) is 5.90. The summed E-state index contributed by atoms with van der Waals surface area (Å²) in [5.74, 6) is -0.983. The molecule has 2 aromatic carbocycles. The van der Waals surface area contributed by atoms with E-state index in [4.69, 9.17) is 11.6 Å². The van der Waals surface area contributed by atoms with Gasteiger partial charge in [-0.15, -0.1) is 0 Å². The topological polar surface area (TPSA) is 66.5 Å². The van der Waals surface area contributed by atoms with Gasteiger partial charge in [0.05, 0.1) is 4.90 Å². The summed E-state index contributed by atoms with van der Waals surface area (Å²) in [6.45, 7) is 1.65. The number of carbonyl (C=O) groups is 1. The van der Waals surface area contributed by atoms with Crippen molar-refractivity contribution in [3.63, 3.8) is 0 Å². The van der Waals surface area contributed by atoms with E-state index in [1.807, 2.05) is 6.07 Å². The minimum Gasteiger partial charge on any atom is -0.371 e. The number of nitrogens with one attached hydrogen (secondary N) is 1. The molecule has 1 amide bonds. The monoisotopic (exact) mass is 436 g/mol. The molecule has 29 heavy (non-hydrogen) atoms. The Morgan fingerprint density at radius 3 is 2.38 bits per heavy atom. The quantitative estimate of drug-likeness (QED) is 0.749. The van der Waals surface area contributed by atoms with Crippen LogP contribution in [0.1, 0.15) is 31.2 Å². The highest BCUT2D eigenvalue weighted by Crippen LogP contribution is 2.47. The van der Waals surface area contributed by atoms with Gasteiger partial charge < -0.3 is 10.2 Å². The lowest BCUT2D eigenvalue weighted by Crippen LogP contribution is -2.42. The lowest BCUT2D eigenvalue weighted by molar-refractivity contribution is -0.121. The fourth-order valence-electron chi connectivity index (χ4n) is 3.88. The summed E-state index contributed by atoms with van der Waals surface area (Å²) in [6, 6.07) is 10.7. The number of benzene rings is 2. The van der Waals surface area contributed by atoms with Gasteiger partial charge in [0.1, 0.15) is 5.82 Å². The first kappa shape index (κ1) is 20.2. The van der Waals surface area contributed by atoms with Gasteiger partial charge in [-0.2, -0.15) is 0 Å². The summed E-state index contributed by atoms with van der Waals surface area (Å²) in [5.41, 5.74) is 1.15. The van der Waals surface area contributed by atoms with Crippen LogP contribution >= 0.6 is 11.6 Å². The minimum atomic E-state index is -3.86. The number of nitrogens with zero attached hydrogens (tertiary/aromatic N) is 1. The van der Waals surface area contributed by atoms with Crippen molar-refractivity contribution < 1.29 is 17.6 Å². The average molecular weight is 437 g/mol. The van der Waals surface area contributed by atoms with Gasteiger partial charge in [0.15, 0.2) is 14.6 Å². The Balaban J connectivity index is 1.54. The van der Waals surface area contributed by atoms with Crippen LogP contribution in [-0.4, -0.2) is 32.2 Å². The first-order valence-corrected chi connectivity index (χ1v) is 11.5. The molecule has 0 aromatic heterocycles. The predicted octanol–water partition coefficient (Wildman–Crippen LogP) is 3.70. The largest absolute Gasteiger partial charge is 0.371 e. The molecule has 1 heterocycles. The number of hydrogen-bond acceptors (Lipinski definition) is 4. The van der Waals surface area contributed by atoms with Gasteiger partial charge in [-0.25, -0.2) is 12.8 Å². The van der Waals surface area contributed by atoms with Gasteiger partial charge >= 0.3 is 0 Å². The van der Waals surface area contributed by atoms with E-state index in [2.05, 4.69) is 10.2 Å². The van der Waals surface area contributed by atoms with Crippen LogP contribution in [0.25, 0.3) is 0 Å². The molecule has 0 atom stereocenters. The molecule has 2 aliphatic rings. The number of sulfone groups is 1. The molecule has 2 aromatic rings. The number of amides is 1. The van der Waals surface area contributed by atoms with Crippen LogP contribution in [0.3, 0.4) is 0 Å². The fraction of sp³-hybridized carbons (Fsp3) is 0.381. The molecule has 1 aliphatic heterocycles. The summed E-state index contributed by atoms with van der Waals surface area (Å²) in [4.78, 5) is 15.0. The number of carbonyl (C=O) groups excluding carboxylic acids is 1. The third-order valence-corrected chi connectivity index (χ3v) is 8.49. The third kappa shape index (κ3) is 3.62. The summed E-state index contributed by atoms with van der Waals surface area (Å²) in [6.07, 6.45) is 2.59. The van der Waals surface area contributed by atoms with Gasteiger partial charge in [-0.05, 0) is 62.1 Å². The Bertz CT molecular complexity index is 1030. The number of rotatable bonds is 6. The maximum atomic E-state index is 14.5. The van der Waals surface area contributed by atoms with Crippen LogP contribution in [-0.2, 0) is 21.2 Å². The summed E-state index contributed by atoms with van der Waals surface area (Å²) in [7, 11) is -3.86. The standard InChI is InChI=1S/C21H22ClFN2O3S/c22-15-6-8-16(9-7-15)29(27,28)21(10-11-21)20(26)24-14-17-18(23)4-3-5-19(17)25-12-1-2-13-25/h3-9H,1-2,10-14H2,(H,24,26). The number of anilines is 1. The van der Waals surface area contributed by atoms with Gasteiger partial charge in [-0.1, -0.05) is 17.7 Å². The van der Waals surface area contributed by atoms with Gasteiger partial charge in [-0.3, -0.25) is 4.79 Å². The van der Waals surface area contributed by atoms with E-state index < -0.39 is 26.3 Å². The maximum absolute atomic E-state index is 14.5. The lowest BCUT2D eigenvalue weighted by atomic mass is 10.1. The molecule has 1 saturated heterocycles. The third-order valence-electron chi connectivity index (χ3n) is 5.72. The van der Waals surface area contributed by atoms with Crippen molar-refractivity contribution in [3.05, 3.63) is 58.9 Å². The Hall–Kier alpha value is -2.12. The normalized spacial score (nSPS) is 17.9. The van der Waals surface area contributed by atoms with Crippen molar-refractivity contribution in [2.45, 2.75) is 41.9 Å². The van der Waals surface area contributed by atoms with Crippen molar-refractivity contribution in [3.8, 4) is 0 Å². The molecule has 0 spiro atoms. The highest BCUT2D eigenvalue weighted by atomic mass is 35.5. The molecule has 0 radical (unpaired) electrons. The van der Waals surface area contributed by atoms with E-state index in [-0.39, 0.29) is 24.3 Å². The number of halogens is 2. The zero-order valence-corrected chi connectivity index (χ0v) is 17.4. The molecule has 4 rings (SSSR count).